The second-order valence-electron chi connectivity index (χ2n) is 7.47. The Kier molecular flexibility index (Phi) is 9.34. The molecule has 1 fully saturated rings. The number of hydrogen-bond donors (Lipinski definition) is 2. The van der Waals surface area contributed by atoms with Gasteiger partial charge in [0.2, 0.25) is 0 Å². The first kappa shape index (κ1) is 25.0. The Morgan fingerprint density at radius 3 is 2.34 bits per heavy atom. The van der Waals surface area contributed by atoms with E-state index in [1.54, 1.807) is 48.5 Å². The first-order valence-corrected chi connectivity index (χ1v) is 10.2. The number of rotatable bonds is 7. The highest BCUT2D eigenvalue weighted by Crippen LogP contribution is 2.31. The summed E-state index contributed by atoms with van der Waals surface area (Å²) in [7, 11) is 1.53. The van der Waals surface area contributed by atoms with Crippen LogP contribution in [0.3, 0.4) is 0 Å². The van der Waals surface area contributed by atoms with E-state index in [4.69, 9.17) is 25.7 Å². The predicted molar refractivity (Wildman–Crippen MR) is 123 cm³/mol. The molecule has 0 saturated heterocycles. The van der Waals surface area contributed by atoms with Crippen LogP contribution in [0.5, 0.6) is 17.2 Å². The van der Waals surface area contributed by atoms with Crippen LogP contribution in [0, 0.1) is 11.8 Å². The first-order valence-electron chi connectivity index (χ1n) is 10.2. The van der Waals surface area contributed by atoms with Gasteiger partial charge >= 0.3 is 11.9 Å². The molecule has 0 heterocycles. The molecule has 0 spiro atoms. The lowest BCUT2D eigenvalue weighted by atomic mass is 9.82. The molecule has 2 aromatic rings. The molecule has 0 radical (unpaired) electrons. The molecule has 0 aromatic heterocycles. The van der Waals surface area contributed by atoms with Crippen LogP contribution < -0.4 is 25.7 Å². The number of nitrogens with zero attached hydrogens (tertiary/aromatic N) is 1. The lowest BCUT2D eigenvalue weighted by Gasteiger charge is -2.26. The fourth-order valence-corrected chi connectivity index (χ4v) is 3.56. The summed E-state index contributed by atoms with van der Waals surface area (Å²) in [5.74, 6) is 0.348. The highest BCUT2D eigenvalue weighted by atomic mass is 35.5. The van der Waals surface area contributed by atoms with Gasteiger partial charge in [-0.05, 0) is 55.9 Å². The summed E-state index contributed by atoms with van der Waals surface area (Å²) in [6.45, 7) is 0.572. The van der Waals surface area contributed by atoms with Crippen molar-refractivity contribution in [3.8, 4) is 17.2 Å². The quantitative estimate of drug-likeness (QED) is 0.280. The van der Waals surface area contributed by atoms with Crippen molar-refractivity contribution in [3.63, 3.8) is 0 Å². The summed E-state index contributed by atoms with van der Waals surface area (Å²) in [6, 6.07) is 13.3. The number of halogens is 1. The number of nitrogens with two attached hydrogens (primary N) is 2. The van der Waals surface area contributed by atoms with Gasteiger partial charge in [0.15, 0.2) is 5.96 Å². The number of ether oxygens (including phenoxy) is 3. The van der Waals surface area contributed by atoms with Gasteiger partial charge in [0.25, 0.3) is 0 Å². The summed E-state index contributed by atoms with van der Waals surface area (Å²) >= 11 is 0. The van der Waals surface area contributed by atoms with Crippen LogP contribution in [0.4, 0.5) is 0 Å². The normalized spacial score (nSPS) is 17.4. The van der Waals surface area contributed by atoms with Crippen LogP contribution in [0.25, 0.3) is 0 Å². The zero-order valence-corrected chi connectivity index (χ0v) is 18.7. The van der Waals surface area contributed by atoms with Crippen molar-refractivity contribution in [3.05, 3.63) is 54.1 Å². The summed E-state index contributed by atoms with van der Waals surface area (Å²) in [5.41, 5.74) is 10.9. The average molecular weight is 462 g/mol. The Balaban J connectivity index is 0.00000363. The van der Waals surface area contributed by atoms with Crippen molar-refractivity contribution in [2.24, 2.45) is 28.3 Å². The second kappa shape index (κ2) is 12.0. The van der Waals surface area contributed by atoms with Gasteiger partial charge in [-0.2, -0.15) is 0 Å². The number of para-hydroxylation sites is 1. The highest BCUT2D eigenvalue weighted by Gasteiger charge is 2.28. The number of aliphatic imine (C=N–C) groups is 1. The first-order chi connectivity index (χ1) is 15.0. The summed E-state index contributed by atoms with van der Waals surface area (Å²) < 4.78 is 16.2. The molecule has 0 amide bonds. The van der Waals surface area contributed by atoms with Gasteiger partial charge in [-0.3, -0.25) is 9.79 Å². The molecule has 1 saturated carbocycles. The molecule has 32 heavy (non-hydrogen) atoms. The van der Waals surface area contributed by atoms with Gasteiger partial charge in [-0.15, -0.1) is 12.4 Å². The Labute approximate surface area is 193 Å². The van der Waals surface area contributed by atoms with Gasteiger partial charge in [-0.1, -0.05) is 18.2 Å². The van der Waals surface area contributed by atoms with Gasteiger partial charge in [-0.25, -0.2) is 4.79 Å². The average Bonchev–Trinajstić information content (AvgIpc) is 2.78. The molecule has 2 aromatic carbocycles. The molecule has 3 rings (SSSR count). The summed E-state index contributed by atoms with van der Waals surface area (Å²) in [5, 5.41) is 0. The number of methoxy groups -OCH3 is 1. The van der Waals surface area contributed by atoms with E-state index in [2.05, 4.69) is 4.99 Å². The van der Waals surface area contributed by atoms with Gasteiger partial charge in [0.05, 0.1) is 13.0 Å². The minimum Gasteiger partial charge on any atom is -0.497 e. The molecule has 1 aliphatic rings. The maximum atomic E-state index is 12.7. The summed E-state index contributed by atoms with van der Waals surface area (Å²) in [4.78, 5) is 29.4. The molecular formula is C23H28ClN3O5. The predicted octanol–water partition coefficient (Wildman–Crippen LogP) is 3.32. The van der Waals surface area contributed by atoms with Crippen LogP contribution >= 0.6 is 12.4 Å². The van der Waals surface area contributed by atoms with Crippen LogP contribution in [-0.4, -0.2) is 31.6 Å². The number of carbonyl (C=O) groups is 2. The van der Waals surface area contributed by atoms with E-state index in [1.807, 2.05) is 0 Å². The molecule has 0 bridgehead atoms. The van der Waals surface area contributed by atoms with Gasteiger partial charge in [0, 0.05) is 12.6 Å². The minimum absolute atomic E-state index is 0. The molecule has 0 aliphatic heterocycles. The zero-order valence-electron chi connectivity index (χ0n) is 17.9. The number of benzene rings is 2. The van der Waals surface area contributed by atoms with E-state index in [0.717, 1.165) is 12.8 Å². The third kappa shape index (κ3) is 6.88. The fourth-order valence-electron chi connectivity index (χ4n) is 3.56. The molecule has 0 atom stereocenters. The zero-order chi connectivity index (χ0) is 22.2. The molecule has 4 N–H and O–H groups in total. The standard InChI is InChI=1S/C23H27N3O5.ClH/c1-29-17-5-4-6-18(13-17)30-22(28)19-7-2-3-8-20(19)31-21(27)16-11-9-15(10-12-16)14-26-23(24)25;/h2-8,13,15-16H,9-12,14H2,1H3,(H4,24,25,26);1H. The maximum absolute atomic E-state index is 12.7. The van der Waals surface area contributed by atoms with Crippen molar-refractivity contribution in [1.29, 1.82) is 0 Å². The van der Waals surface area contributed by atoms with Crippen molar-refractivity contribution in [1.82, 2.24) is 0 Å². The third-order valence-corrected chi connectivity index (χ3v) is 5.28. The monoisotopic (exact) mass is 461 g/mol. The number of esters is 2. The van der Waals surface area contributed by atoms with Crippen LogP contribution in [0.15, 0.2) is 53.5 Å². The summed E-state index contributed by atoms with van der Waals surface area (Å²) in [6.07, 6.45) is 3.08. The lowest BCUT2D eigenvalue weighted by Crippen LogP contribution is -2.28. The Morgan fingerprint density at radius 2 is 1.66 bits per heavy atom. The number of carbonyl (C=O) groups excluding carboxylic acids is 2. The van der Waals surface area contributed by atoms with E-state index in [-0.39, 0.29) is 41.6 Å². The van der Waals surface area contributed by atoms with Crippen molar-refractivity contribution in [2.75, 3.05) is 13.7 Å². The van der Waals surface area contributed by atoms with E-state index in [0.29, 0.717) is 36.8 Å². The fraction of sp³-hybridized carbons (Fsp3) is 0.348. The highest BCUT2D eigenvalue weighted by molar-refractivity contribution is 5.95. The molecular weight excluding hydrogens is 434 g/mol. The smallest absolute Gasteiger partial charge is 0.347 e. The van der Waals surface area contributed by atoms with Gasteiger partial charge < -0.3 is 25.7 Å². The Morgan fingerprint density at radius 1 is 0.969 bits per heavy atom. The van der Waals surface area contributed by atoms with Crippen LogP contribution in [0.2, 0.25) is 0 Å². The lowest BCUT2D eigenvalue weighted by molar-refractivity contribution is -0.140. The number of guanidine groups is 1. The van der Waals surface area contributed by atoms with Crippen LogP contribution in [-0.2, 0) is 4.79 Å². The molecule has 9 heteroatoms. The molecule has 172 valence electrons. The van der Waals surface area contributed by atoms with Gasteiger partial charge in [0.1, 0.15) is 22.8 Å². The minimum atomic E-state index is -0.613. The van der Waals surface area contributed by atoms with Crippen LogP contribution in [0.1, 0.15) is 36.0 Å². The molecule has 8 nitrogen and oxygen atoms in total. The van der Waals surface area contributed by atoms with Crippen molar-refractivity contribution >= 4 is 30.3 Å². The largest absolute Gasteiger partial charge is 0.497 e. The van der Waals surface area contributed by atoms with E-state index in [1.165, 1.54) is 7.11 Å². The second-order valence-corrected chi connectivity index (χ2v) is 7.47. The third-order valence-electron chi connectivity index (χ3n) is 5.28. The van der Waals surface area contributed by atoms with E-state index < -0.39 is 5.97 Å². The Hall–Kier alpha value is -3.26. The maximum Gasteiger partial charge on any atom is 0.347 e. The van der Waals surface area contributed by atoms with E-state index >= 15 is 0 Å². The molecule has 0 unspecified atom stereocenters. The van der Waals surface area contributed by atoms with Crippen molar-refractivity contribution in [2.45, 2.75) is 25.7 Å². The SMILES string of the molecule is COc1cccc(OC(=O)c2ccccc2OC(=O)C2CCC(CN=C(N)N)CC2)c1.Cl. The Bertz CT molecular complexity index is 954. The topological polar surface area (TPSA) is 126 Å². The number of hydrogen-bond acceptors (Lipinski definition) is 6. The van der Waals surface area contributed by atoms with E-state index in [9.17, 15) is 9.59 Å². The molecule has 1 aliphatic carbocycles. The van der Waals surface area contributed by atoms with Crippen molar-refractivity contribution < 1.29 is 23.8 Å².